The molecule has 140 valence electrons. The molecule has 0 aliphatic rings. The van der Waals surface area contributed by atoms with E-state index in [-0.39, 0.29) is 6.04 Å². The fourth-order valence-corrected chi connectivity index (χ4v) is 4.12. The zero-order valence-electron chi connectivity index (χ0n) is 14.6. The number of thiazole rings is 1. The Morgan fingerprint density at radius 2 is 1.89 bits per heavy atom. The van der Waals surface area contributed by atoms with E-state index in [1.165, 1.54) is 11.3 Å². The highest BCUT2D eigenvalue weighted by Gasteiger charge is 2.16. The molecule has 2 N–H and O–H groups in total. The second kappa shape index (κ2) is 8.28. The van der Waals surface area contributed by atoms with Gasteiger partial charge in [-0.15, -0.1) is 22.7 Å². The van der Waals surface area contributed by atoms with E-state index in [1.54, 1.807) is 37.3 Å². The Hall–Kier alpha value is -2.78. The van der Waals surface area contributed by atoms with E-state index >= 15 is 0 Å². The van der Waals surface area contributed by atoms with Gasteiger partial charge in [0.25, 0.3) is 5.91 Å². The van der Waals surface area contributed by atoms with E-state index in [9.17, 15) is 14.4 Å². The number of aromatic nitrogens is 1. The van der Waals surface area contributed by atoms with Crippen LogP contribution < -0.4 is 10.6 Å². The monoisotopic (exact) mass is 403 g/mol. The van der Waals surface area contributed by atoms with Gasteiger partial charge in [-0.1, -0.05) is 12.1 Å². The van der Waals surface area contributed by atoms with E-state index in [1.807, 2.05) is 24.3 Å². The predicted octanol–water partition coefficient (Wildman–Crippen LogP) is 3.42. The maximum Gasteiger partial charge on any atom is 0.348 e. The highest BCUT2D eigenvalue weighted by atomic mass is 32.1. The van der Waals surface area contributed by atoms with Crippen molar-refractivity contribution >= 4 is 50.8 Å². The van der Waals surface area contributed by atoms with Crippen molar-refractivity contribution in [2.45, 2.75) is 19.9 Å². The molecular formula is C18H17N3O4S2. The fourth-order valence-electron chi connectivity index (χ4n) is 2.20. The molecule has 0 radical (unpaired) electrons. The second-order valence-corrected chi connectivity index (χ2v) is 8.02. The third kappa shape index (κ3) is 4.89. The van der Waals surface area contributed by atoms with Crippen LogP contribution in [0.4, 0.5) is 4.79 Å². The van der Waals surface area contributed by atoms with Crippen molar-refractivity contribution in [2.24, 2.45) is 0 Å². The minimum Gasteiger partial charge on any atom is -0.451 e. The van der Waals surface area contributed by atoms with E-state index in [0.29, 0.717) is 4.88 Å². The van der Waals surface area contributed by atoms with Crippen LogP contribution in [0.1, 0.15) is 23.5 Å². The zero-order valence-corrected chi connectivity index (χ0v) is 16.3. The molecule has 0 bridgehead atoms. The van der Waals surface area contributed by atoms with E-state index in [2.05, 4.69) is 15.6 Å². The van der Waals surface area contributed by atoms with Crippen molar-refractivity contribution in [2.75, 3.05) is 6.61 Å². The Bertz CT molecular complexity index is 960. The van der Waals surface area contributed by atoms with Gasteiger partial charge in [-0.2, -0.15) is 0 Å². The SMILES string of the molecule is CC(C)NC(=O)NC(=O)COC(=O)c1ccc(-c2nc3ccccc3s2)s1. The van der Waals surface area contributed by atoms with Gasteiger partial charge < -0.3 is 10.1 Å². The highest BCUT2D eigenvalue weighted by Crippen LogP contribution is 2.34. The van der Waals surface area contributed by atoms with Crippen LogP contribution in [0.3, 0.4) is 0 Å². The molecular weight excluding hydrogens is 386 g/mol. The molecule has 3 rings (SSSR count). The molecule has 3 amide bonds. The summed E-state index contributed by atoms with van der Waals surface area (Å²) in [5.41, 5.74) is 0.909. The van der Waals surface area contributed by atoms with Gasteiger partial charge in [0.15, 0.2) is 6.61 Å². The average molecular weight is 403 g/mol. The van der Waals surface area contributed by atoms with Crippen molar-refractivity contribution in [3.05, 3.63) is 41.3 Å². The quantitative estimate of drug-likeness (QED) is 0.636. The number of thiophene rings is 1. The smallest absolute Gasteiger partial charge is 0.348 e. The standard InChI is InChI=1S/C18H17N3O4S2/c1-10(2)19-18(24)21-15(22)9-25-17(23)14-8-7-13(26-14)16-20-11-5-3-4-6-12(11)27-16/h3-8,10H,9H2,1-2H3,(H2,19,21,22,24). The molecule has 1 aromatic carbocycles. The number of nitrogens with zero attached hydrogens (tertiary/aromatic N) is 1. The molecule has 9 heteroatoms. The molecule has 0 saturated carbocycles. The Kier molecular flexibility index (Phi) is 5.82. The molecule has 0 aliphatic carbocycles. The zero-order chi connectivity index (χ0) is 19.4. The number of fused-ring (bicyclic) bond motifs is 1. The van der Waals surface area contributed by atoms with Crippen LogP contribution in [0.25, 0.3) is 20.1 Å². The van der Waals surface area contributed by atoms with Crippen LogP contribution >= 0.6 is 22.7 Å². The van der Waals surface area contributed by atoms with Crippen molar-refractivity contribution < 1.29 is 19.1 Å². The summed E-state index contributed by atoms with van der Waals surface area (Å²) in [5.74, 6) is -1.31. The van der Waals surface area contributed by atoms with Gasteiger partial charge in [0.1, 0.15) is 9.88 Å². The lowest BCUT2D eigenvalue weighted by atomic mass is 10.3. The van der Waals surface area contributed by atoms with Gasteiger partial charge in [-0.05, 0) is 38.1 Å². The average Bonchev–Trinajstić information content (AvgIpc) is 3.25. The van der Waals surface area contributed by atoms with Crippen LogP contribution in [0.5, 0.6) is 0 Å². The molecule has 7 nitrogen and oxygen atoms in total. The number of nitrogens with one attached hydrogen (secondary N) is 2. The molecule has 3 aromatic rings. The second-order valence-electron chi connectivity index (χ2n) is 5.90. The van der Waals surface area contributed by atoms with Crippen LogP contribution in [0.2, 0.25) is 0 Å². The summed E-state index contributed by atoms with van der Waals surface area (Å²) in [4.78, 5) is 41.0. The predicted molar refractivity (Wildman–Crippen MR) is 105 cm³/mol. The summed E-state index contributed by atoms with van der Waals surface area (Å²) in [5, 5.41) is 5.43. The molecule has 0 unspecified atom stereocenters. The third-order valence-corrected chi connectivity index (χ3v) is 5.59. The maximum absolute atomic E-state index is 12.1. The number of benzene rings is 1. The van der Waals surface area contributed by atoms with E-state index < -0.39 is 24.5 Å². The number of ether oxygens (including phenoxy) is 1. The largest absolute Gasteiger partial charge is 0.451 e. The first-order chi connectivity index (χ1) is 12.9. The van der Waals surface area contributed by atoms with Crippen molar-refractivity contribution in [1.82, 2.24) is 15.6 Å². The highest BCUT2D eigenvalue weighted by molar-refractivity contribution is 7.26. The van der Waals surface area contributed by atoms with Crippen LogP contribution in [-0.4, -0.2) is 35.5 Å². The van der Waals surface area contributed by atoms with E-state index in [4.69, 9.17) is 4.74 Å². The summed E-state index contributed by atoms with van der Waals surface area (Å²) in [6, 6.07) is 10.5. The van der Waals surface area contributed by atoms with Crippen molar-refractivity contribution in [3.8, 4) is 9.88 Å². The lowest BCUT2D eigenvalue weighted by Gasteiger charge is -2.09. The number of imide groups is 1. The summed E-state index contributed by atoms with van der Waals surface area (Å²) in [6.07, 6.45) is 0. The lowest BCUT2D eigenvalue weighted by Crippen LogP contribution is -2.44. The van der Waals surface area contributed by atoms with Gasteiger partial charge in [0.2, 0.25) is 0 Å². The number of para-hydroxylation sites is 1. The fraction of sp³-hybridized carbons (Fsp3) is 0.222. The summed E-state index contributed by atoms with van der Waals surface area (Å²) in [7, 11) is 0. The van der Waals surface area contributed by atoms with Crippen LogP contribution in [0, 0.1) is 0 Å². The molecule has 0 atom stereocenters. The van der Waals surface area contributed by atoms with Crippen molar-refractivity contribution in [3.63, 3.8) is 0 Å². The molecule has 0 saturated heterocycles. The van der Waals surface area contributed by atoms with Gasteiger partial charge in [0.05, 0.1) is 15.1 Å². The number of carbonyl (C=O) groups is 3. The molecule has 2 aromatic heterocycles. The lowest BCUT2D eigenvalue weighted by molar-refractivity contribution is -0.123. The first kappa shape index (κ1) is 19.0. The van der Waals surface area contributed by atoms with Gasteiger partial charge >= 0.3 is 12.0 Å². The van der Waals surface area contributed by atoms with Crippen LogP contribution in [0.15, 0.2) is 36.4 Å². The Morgan fingerprint density at radius 1 is 1.11 bits per heavy atom. The van der Waals surface area contributed by atoms with Crippen molar-refractivity contribution in [1.29, 1.82) is 0 Å². The molecule has 0 aliphatic heterocycles. The number of rotatable bonds is 5. The van der Waals surface area contributed by atoms with Crippen LogP contribution in [-0.2, 0) is 9.53 Å². The number of amides is 3. The summed E-state index contributed by atoms with van der Waals surface area (Å²) in [6.45, 7) is 3.01. The Labute approximate surface area is 163 Å². The maximum atomic E-state index is 12.1. The molecule has 2 heterocycles. The summed E-state index contributed by atoms with van der Waals surface area (Å²) >= 11 is 2.79. The Morgan fingerprint density at radius 3 is 2.63 bits per heavy atom. The third-order valence-electron chi connectivity index (χ3n) is 3.32. The minimum absolute atomic E-state index is 0.104. The first-order valence-electron chi connectivity index (χ1n) is 8.15. The molecule has 27 heavy (non-hydrogen) atoms. The number of hydrogen-bond donors (Lipinski definition) is 2. The number of carbonyl (C=O) groups excluding carboxylic acids is 3. The number of hydrogen-bond acceptors (Lipinski definition) is 7. The van der Waals surface area contributed by atoms with Gasteiger partial charge in [-0.3, -0.25) is 10.1 Å². The molecule has 0 spiro atoms. The molecule has 0 fully saturated rings. The van der Waals surface area contributed by atoms with Gasteiger partial charge in [-0.25, -0.2) is 14.6 Å². The van der Waals surface area contributed by atoms with Gasteiger partial charge in [0, 0.05) is 6.04 Å². The topological polar surface area (TPSA) is 97.4 Å². The van der Waals surface area contributed by atoms with E-state index in [0.717, 1.165) is 20.1 Å². The minimum atomic E-state index is -0.690. The first-order valence-corrected chi connectivity index (χ1v) is 9.79. The number of esters is 1. The normalized spacial score (nSPS) is 10.8. The number of urea groups is 1. The Balaban J connectivity index is 1.58. The summed E-state index contributed by atoms with van der Waals surface area (Å²) < 4.78 is 6.04.